The van der Waals surface area contributed by atoms with Gasteiger partial charge in [0, 0.05) is 45.0 Å². The molecule has 114 valence electrons. The first-order valence-corrected chi connectivity index (χ1v) is 6.78. The topological polar surface area (TPSA) is 94.2 Å². The number of aromatic nitrogens is 2. The molecule has 0 amide bonds. The number of alkyl halides is 2. The number of hydrogen-bond acceptors (Lipinski definition) is 6. The monoisotopic (exact) mass is 297 g/mol. The lowest BCUT2D eigenvalue weighted by molar-refractivity contribution is -0.0140. The van der Waals surface area contributed by atoms with E-state index < -0.39 is 5.92 Å². The summed E-state index contributed by atoms with van der Waals surface area (Å²) in [5, 5.41) is 0. The van der Waals surface area contributed by atoms with E-state index in [-0.39, 0.29) is 25.2 Å². The minimum atomic E-state index is -2.73. The Bertz CT molecular complexity index is 685. The van der Waals surface area contributed by atoms with Crippen LogP contribution >= 0.6 is 0 Å². The van der Waals surface area contributed by atoms with Gasteiger partial charge in [0.25, 0.3) is 5.92 Å². The second-order valence-electron chi connectivity index (χ2n) is 5.33. The van der Waals surface area contributed by atoms with E-state index in [1.165, 1.54) is 0 Å². The summed E-state index contributed by atoms with van der Waals surface area (Å²) in [6.07, 6.45) is -0.388. The van der Waals surface area contributed by atoms with E-state index in [0.717, 1.165) is 0 Å². The van der Waals surface area contributed by atoms with Gasteiger partial charge < -0.3 is 20.8 Å². The lowest BCUT2D eigenvalue weighted by Gasteiger charge is -2.20. The number of fused-ring (bicyclic) bond motifs is 3. The second-order valence-corrected chi connectivity index (χ2v) is 5.33. The Morgan fingerprint density at radius 2 is 2.14 bits per heavy atom. The fraction of sp³-hybridized carbons (Fsp3) is 0.538. The molecule has 0 atom stereocenters. The van der Waals surface area contributed by atoms with Gasteiger partial charge in [0.05, 0.1) is 0 Å². The molecule has 0 saturated carbocycles. The van der Waals surface area contributed by atoms with Gasteiger partial charge in [-0.3, -0.25) is 0 Å². The van der Waals surface area contributed by atoms with Crippen LogP contribution in [-0.2, 0) is 12.8 Å². The van der Waals surface area contributed by atoms with Crippen LogP contribution < -0.4 is 16.4 Å². The molecule has 2 heterocycles. The maximum Gasteiger partial charge on any atom is 0.252 e. The molecule has 2 aromatic heterocycles. The SMILES string of the molecule is CN(CCN)c1nc(N)nc2c3c(oc12)CCC(F)(F)C3. The van der Waals surface area contributed by atoms with E-state index in [4.69, 9.17) is 15.9 Å². The van der Waals surface area contributed by atoms with Crippen molar-refractivity contribution in [1.82, 2.24) is 9.97 Å². The van der Waals surface area contributed by atoms with E-state index in [1.54, 1.807) is 11.9 Å². The van der Waals surface area contributed by atoms with Crippen LogP contribution in [0.15, 0.2) is 4.42 Å². The zero-order valence-electron chi connectivity index (χ0n) is 11.7. The van der Waals surface area contributed by atoms with Crippen LogP contribution in [0.1, 0.15) is 17.7 Å². The molecule has 0 spiro atoms. The number of furan rings is 1. The number of hydrogen-bond donors (Lipinski definition) is 2. The molecule has 1 aliphatic carbocycles. The zero-order valence-corrected chi connectivity index (χ0v) is 11.7. The van der Waals surface area contributed by atoms with Crippen LogP contribution in [0, 0.1) is 0 Å². The van der Waals surface area contributed by atoms with Gasteiger partial charge in [-0.25, -0.2) is 13.8 Å². The molecule has 0 bridgehead atoms. The number of nitrogens with zero attached hydrogens (tertiary/aromatic N) is 3. The molecule has 0 aliphatic heterocycles. The molecular weight excluding hydrogens is 280 g/mol. The number of nitrogens with two attached hydrogens (primary N) is 2. The molecule has 0 unspecified atom stereocenters. The first kappa shape index (κ1) is 14.0. The highest BCUT2D eigenvalue weighted by Gasteiger charge is 2.38. The maximum absolute atomic E-state index is 13.6. The predicted octanol–water partition coefficient (Wildman–Crippen LogP) is 1.32. The largest absolute Gasteiger partial charge is 0.455 e. The predicted molar refractivity (Wildman–Crippen MR) is 75.5 cm³/mol. The molecule has 8 heteroatoms. The van der Waals surface area contributed by atoms with Gasteiger partial charge in [-0.05, 0) is 0 Å². The number of anilines is 2. The van der Waals surface area contributed by atoms with Crippen LogP contribution in [0.25, 0.3) is 11.1 Å². The Kier molecular flexibility index (Phi) is 3.20. The number of likely N-dealkylation sites (N-methyl/N-ethyl adjacent to an activating group) is 1. The highest BCUT2D eigenvalue weighted by atomic mass is 19.3. The van der Waals surface area contributed by atoms with Crippen LogP contribution in [0.2, 0.25) is 0 Å². The van der Waals surface area contributed by atoms with Crippen LogP contribution in [-0.4, -0.2) is 36.0 Å². The van der Waals surface area contributed by atoms with Crippen molar-refractivity contribution < 1.29 is 13.2 Å². The first-order chi connectivity index (χ1) is 9.91. The fourth-order valence-corrected chi connectivity index (χ4v) is 2.66. The standard InChI is InChI=1S/C13H17F2N5O/c1-20(5-4-16)11-10-9(18-12(17)19-11)7-6-13(14,15)3-2-8(7)21-10/h2-6,16H2,1H3,(H2,17,18,19). The van der Waals surface area contributed by atoms with Crippen LogP contribution in [0.5, 0.6) is 0 Å². The number of halogens is 2. The van der Waals surface area contributed by atoms with Gasteiger partial charge in [-0.2, -0.15) is 4.98 Å². The Morgan fingerprint density at radius 3 is 2.86 bits per heavy atom. The smallest absolute Gasteiger partial charge is 0.252 e. The van der Waals surface area contributed by atoms with Crippen molar-refractivity contribution in [2.24, 2.45) is 5.73 Å². The molecular formula is C13H17F2N5O. The summed E-state index contributed by atoms with van der Waals surface area (Å²) in [6.45, 7) is 0.980. The summed E-state index contributed by atoms with van der Waals surface area (Å²) in [5.74, 6) is -1.65. The zero-order chi connectivity index (χ0) is 15.2. The number of rotatable bonds is 3. The number of aryl methyl sites for hydroxylation is 1. The minimum absolute atomic E-state index is 0.0406. The molecule has 1 aliphatic rings. The van der Waals surface area contributed by atoms with Gasteiger partial charge in [-0.1, -0.05) is 0 Å². The van der Waals surface area contributed by atoms with Crippen LogP contribution in [0.3, 0.4) is 0 Å². The van der Waals surface area contributed by atoms with Gasteiger partial charge in [0.1, 0.15) is 11.3 Å². The van der Waals surface area contributed by atoms with E-state index in [1.807, 2.05) is 0 Å². The molecule has 21 heavy (non-hydrogen) atoms. The molecule has 4 N–H and O–H groups in total. The third kappa shape index (κ3) is 2.39. The molecule has 6 nitrogen and oxygen atoms in total. The van der Waals surface area contributed by atoms with Crippen molar-refractivity contribution in [3.63, 3.8) is 0 Å². The van der Waals surface area contributed by atoms with Gasteiger partial charge in [-0.15, -0.1) is 0 Å². The third-order valence-corrected chi connectivity index (χ3v) is 3.69. The summed E-state index contributed by atoms with van der Waals surface area (Å²) in [4.78, 5) is 10.0. The highest BCUT2D eigenvalue weighted by molar-refractivity contribution is 5.88. The van der Waals surface area contributed by atoms with Crippen molar-refractivity contribution in [3.05, 3.63) is 11.3 Å². The van der Waals surface area contributed by atoms with Crippen molar-refractivity contribution >= 4 is 22.9 Å². The Balaban J connectivity index is 2.17. The minimum Gasteiger partial charge on any atom is -0.455 e. The van der Waals surface area contributed by atoms with E-state index >= 15 is 0 Å². The van der Waals surface area contributed by atoms with E-state index in [0.29, 0.717) is 41.3 Å². The number of nitrogen functional groups attached to an aromatic ring is 1. The van der Waals surface area contributed by atoms with Gasteiger partial charge in [0.15, 0.2) is 11.4 Å². The van der Waals surface area contributed by atoms with Gasteiger partial charge in [0.2, 0.25) is 5.95 Å². The summed E-state index contributed by atoms with van der Waals surface area (Å²) >= 11 is 0. The third-order valence-electron chi connectivity index (χ3n) is 3.69. The molecule has 0 fully saturated rings. The fourth-order valence-electron chi connectivity index (χ4n) is 2.66. The Morgan fingerprint density at radius 1 is 1.38 bits per heavy atom. The summed E-state index contributed by atoms with van der Waals surface area (Å²) < 4.78 is 33.0. The van der Waals surface area contributed by atoms with Gasteiger partial charge >= 0.3 is 0 Å². The molecule has 0 radical (unpaired) electrons. The normalized spacial score (nSPS) is 17.0. The molecule has 2 aromatic rings. The summed E-state index contributed by atoms with van der Waals surface area (Å²) in [7, 11) is 1.80. The maximum atomic E-state index is 13.6. The lowest BCUT2D eigenvalue weighted by atomic mass is 9.94. The average Bonchev–Trinajstić information content (AvgIpc) is 2.75. The Labute approximate surface area is 120 Å². The molecule has 0 saturated heterocycles. The molecule has 3 rings (SSSR count). The van der Waals surface area contributed by atoms with Crippen molar-refractivity contribution in [2.75, 3.05) is 30.8 Å². The van der Waals surface area contributed by atoms with Crippen LogP contribution in [0.4, 0.5) is 20.5 Å². The Hall–Kier alpha value is -1.96. The van der Waals surface area contributed by atoms with E-state index in [9.17, 15) is 8.78 Å². The van der Waals surface area contributed by atoms with E-state index in [2.05, 4.69) is 9.97 Å². The van der Waals surface area contributed by atoms with Crippen molar-refractivity contribution in [2.45, 2.75) is 25.2 Å². The quantitative estimate of drug-likeness (QED) is 0.887. The lowest BCUT2D eigenvalue weighted by Crippen LogP contribution is -2.26. The summed E-state index contributed by atoms with van der Waals surface area (Å²) in [6, 6.07) is 0. The molecule has 0 aromatic carbocycles. The second kappa shape index (κ2) is 4.80. The summed E-state index contributed by atoms with van der Waals surface area (Å²) in [5.41, 5.74) is 12.5. The van der Waals surface area contributed by atoms with Crippen molar-refractivity contribution in [1.29, 1.82) is 0 Å². The van der Waals surface area contributed by atoms with Crippen molar-refractivity contribution in [3.8, 4) is 0 Å². The average molecular weight is 297 g/mol. The first-order valence-electron chi connectivity index (χ1n) is 6.78. The highest BCUT2D eigenvalue weighted by Crippen LogP contribution is 2.40.